The van der Waals surface area contributed by atoms with E-state index in [1.54, 1.807) is 11.3 Å². The average Bonchev–Trinajstić information content (AvgIpc) is 2.68. The van der Waals surface area contributed by atoms with Crippen molar-refractivity contribution >= 4 is 33.8 Å². The summed E-state index contributed by atoms with van der Waals surface area (Å²) in [7, 11) is 0. The molecule has 0 saturated heterocycles. The maximum Gasteiger partial charge on any atom is 0.159 e. The number of fused-ring (bicyclic) bond motifs is 1. The lowest BCUT2D eigenvalue weighted by Crippen LogP contribution is -1.86. The Bertz CT molecular complexity index is 524. The van der Waals surface area contributed by atoms with Gasteiger partial charge in [-0.2, -0.15) is 0 Å². The van der Waals surface area contributed by atoms with Crippen LogP contribution in [-0.4, -0.2) is 4.98 Å². The summed E-state index contributed by atoms with van der Waals surface area (Å²) in [5.74, 6) is 0. The molecule has 0 aliphatic carbocycles. The molecule has 92 valence electrons. The molecule has 2 aromatic rings. The Morgan fingerprint density at radius 2 is 2.00 bits per heavy atom. The molecule has 17 heavy (non-hydrogen) atoms. The molecule has 1 heterocycles. The third kappa shape index (κ3) is 3.65. The molecule has 0 fully saturated rings. The topological polar surface area (TPSA) is 15.8 Å². The molecule has 0 spiro atoms. The van der Waals surface area contributed by atoms with Crippen molar-refractivity contribution in [2.45, 2.75) is 45.4 Å². The molecule has 3 heteroatoms. The molecule has 1 N–H and O–H groups in total. The number of hydrogen-bond donors (Lipinski definition) is 1. The van der Waals surface area contributed by atoms with Gasteiger partial charge in [-0.15, -0.1) is 11.3 Å². The lowest BCUT2D eigenvalue weighted by molar-refractivity contribution is 0.632. The lowest BCUT2D eigenvalue weighted by Gasteiger charge is -2.01. The molecule has 0 bridgehead atoms. The van der Waals surface area contributed by atoms with Crippen LogP contribution in [0.15, 0.2) is 18.2 Å². The first-order valence-electron chi connectivity index (χ1n) is 6.41. The third-order valence-electron chi connectivity index (χ3n) is 3.05. The van der Waals surface area contributed by atoms with Crippen LogP contribution in [0.25, 0.3) is 10.2 Å². The predicted octanol–water partition coefficient (Wildman–Crippen LogP) is 5.47. The fraction of sp³-hybridized carbons (Fsp3) is 0.500. The maximum absolute atomic E-state index is 5.15. The van der Waals surface area contributed by atoms with Gasteiger partial charge in [0.25, 0.3) is 0 Å². The number of rotatable bonds is 6. The van der Waals surface area contributed by atoms with Gasteiger partial charge in [0, 0.05) is 0 Å². The first-order chi connectivity index (χ1) is 8.29. The van der Waals surface area contributed by atoms with E-state index in [1.807, 2.05) is 0 Å². The monoisotopic (exact) mass is 265 g/mol. The van der Waals surface area contributed by atoms with Crippen molar-refractivity contribution in [3.63, 3.8) is 0 Å². The quantitative estimate of drug-likeness (QED) is 0.541. The van der Waals surface area contributed by atoms with Gasteiger partial charge < -0.3 is 4.98 Å². The molecule has 1 nitrogen and oxygen atoms in total. The largest absolute Gasteiger partial charge is 0.337 e. The van der Waals surface area contributed by atoms with Crippen molar-refractivity contribution in [1.82, 2.24) is 4.98 Å². The highest BCUT2D eigenvalue weighted by atomic mass is 32.1. The molecule has 0 unspecified atom stereocenters. The first kappa shape index (κ1) is 12.8. The minimum Gasteiger partial charge on any atom is -0.337 e. The van der Waals surface area contributed by atoms with E-state index < -0.39 is 0 Å². The fourth-order valence-corrected chi connectivity index (χ4v) is 3.18. The van der Waals surface area contributed by atoms with E-state index >= 15 is 0 Å². The summed E-state index contributed by atoms with van der Waals surface area (Å²) in [4.78, 5) is 3.24. The molecular formula is C14H19NS2. The summed E-state index contributed by atoms with van der Waals surface area (Å²) in [6, 6.07) is 6.68. The third-order valence-corrected chi connectivity index (χ3v) is 4.27. The molecule has 1 aromatic carbocycles. The number of hydrogen-bond acceptors (Lipinski definition) is 2. The second-order valence-electron chi connectivity index (χ2n) is 4.51. The van der Waals surface area contributed by atoms with Crippen molar-refractivity contribution < 1.29 is 0 Å². The normalized spacial score (nSPS) is 11.1. The number of unbranched alkanes of at least 4 members (excludes halogenated alkanes) is 4. The van der Waals surface area contributed by atoms with Crippen LogP contribution in [0.1, 0.15) is 44.6 Å². The van der Waals surface area contributed by atoms with Gasteiger partial charge in [-0.1, -0.05) is 38.7 Å². The van der Waals surface area contributed by atoms with Gasteiger partial charge in [-0.3, -0.25) is 0 Å². The van der Waals surface area contributed by atoms with Crippen LogP contribution in [-0.2, 0) is 6.42 Å². The van der Waals surface area contributed by atoms with Crippen molar-refractivity contribution in [2.24, 2.45) is 0 Å². The van der Waals surface area contributed by atoms with E-state index in [2.05, 4.69) is 30.1 Å². The molecule has 0 aliphatic heterocycles. The summed E-state index contributed by atoms with van der Waals surface area (Å²) in [6.07, 6.45) is 7.91. The van der Waals surface area contributed by atoms with Gasteiger partial charge in [0.15, 0.2) is 3.95 Å². The van der Waals surface area contributed by atoms with Crippen molar-refractivity contribution in [3.05, 3.63) is 27.7 Å². The Balaban J connectivity index is 1.92. The van der Waals surface area contributed by atoms with Crippen LogP contribution in [0.2, 0.25) is 0 Å². The SMILES string of the molecule is CCCCCCCc1ccc2sc(=S)[nH]c2c1. The number of aryl methyl sites for hydroxylation is 1. The molecule has 0 amide bonds. The Morgan fingerprint density at radius 1 is 1.18 bits per heavy atom. The molecule has 0 aliphatic rings. The van der Waals surface area contributed by atoms with Gasteiger partial charge in [-0.25, -0.2) is 0 Å². The first-order valence-corrected chi connectivity index (χ1v) is 7.64. The lowest BCUT2D eigenvalue weighted by atomic mass is 10.1. The number of aromatic nitrogens is 1. The Kier molecular flexibility index (Phi) is 4.75. The molecule has 0 saturated carbocycles. The zero-order valence-electron chi connectivity index (χ0n) is 10.3. The van der Waals surface area contributed by atoms with Crippen LogP contribution >= 0.6 is 23.6 Å². The number of H-pyrrole nitrogens is 1. The maximum atomic E-state index is 5.15. The average molecular weight is 265 g/mol. The van der Waals surface area contributed by atoms with E-state index in [9.17, 15) is 0 Å². The second kappa shape index (κ2) is 6.31. The summed E-state index contributed by atoms with van der Waals surface area (Å²) >= 11 is 6.81. The fourth-order valence-electron chi connectivity index (χ4n) is 2.09. The van der Waals surface area contributed by atoms with Gasteiger partial charge in [0.2, 0.25) is 0 Å². The summed E-state index contributed by atoms with van der Waals surface area (Å²) in [5, 5.41) is 0. The van der Waals surface area contributed by atoms with Crippen LogP contribution in [0.3, 0.4) is 0 Å². The number of benzene rings is 1. The summed E-state index contributed by atoms with van der Waals surface area (Å²) < 4.78 is 2.14. The zero-order valence-corrected chi connectivity index (χ0v) is 11.9. The predicted molar refractivity (Wildman–Crippen MR) is 79.5 cm³/mol. The standard InChI is InChI=1S/C14H19NS2/c1-2-3-4-5-6-7-11-8-9-13-12(10-11)15-14(16)17-13/h8-10H,2-7H2,1H3,(H,15,16). The molecule has 0 atom stereocenters. The Labute approximate surface area is 112 Å². The van der Waals surface area contributed by atoms with E-state index in [0.717, 1.165) is 3.95 Å². The van der Waals surface area contributed by atoms with Crippen molar-refractivity contribution in [2.75, 3.05) is 0 Å². The van der Waals surface area contributed by atoms with Crippen LogP contribution in [0.5, 0.6) is 0 Å². The van der Waals surface area contributed by atoms with Gasteiger partial charge in [-0.05, 0) is 42.8 Å². The number of aromatic amines is 1. The number of thiazole rings is 1. The smallest absolute Gasteiger partial charge is 0.159 e. The Hall–Kier alpha value is -0.670. The molecule has 0 radical (unpaired) electrons. The van der Waals surface area contributed by atoms with E-state index in [1.165, 1.54) is 54.3 Å². The highest BCUT2D eigenvalue weighted by Gasteiger charge is 1.99. The van der Waals surface area contributed by atoms with Crippen molar-refractivity contribution in [1.29, 1.82) is 0 Å². The van der Waals surface area contributed by atoms with Gasteiger partial charge in [0.1, 0.15) is 0 Å². The minimum absolute atomic E-state index is 0.875. The summed E-state index contributed by atoms with van der Waals surface area (Å²) in [5.41, 5.74) is 2.63. The summed E-state index contributed by atoms with van der Waals surface area (Å²) in [6.45, 7) is 2.26. The van der Waals surface area contributed by atoms with Crippen LogP contribution in [0, 0.1) is 3.95 Å². The second-order valence-corrected chi connectivity index (χ2v) is 6.23. The highest BCUT2D eigenvalue weighted by Crippen LogP contribution is 2.21. The van der Waals surface area contributed by atoms with Gasteiger partial charge >= 0.3 is 0 Å². The highest BCUT2D eigenvalue weighted by molar-refractivity contribution is 7.73. The van der Waals surface area contributed by atoms with E-state index in [0.29, 0.717) is 0 Å². The van der Waals surface area contributed by atoms with E-state index in [-0.39, 0.29) is 0 Å². The van der Waals surface area contributed by atoms with E-state index in [4.69, 9.17) is 12.2 Å². The van der Waals surface area contributed by atoms with Crippen LogP contribution < -0.4 is 0 Å². The molecular weight excluding hydrogens is 246 g/mol. The molecule has 1 aromatic heterocycles. The van der Waals surface area contributed by atoms with Crippen LogP contribution in [0.4, 0.5) is 0 Å². The zero-order chi connectivity index (χ0) is 12.1. The molecule has 2 rings (SSSR count). The van der Waals surface area contributed by atoms with Crippen molar-refractivity contribution in [3.8, 4) is 0 Å². The number of nitrogens with one attached hydrogen (secondary N) is 1. The Morgan fingerprint density at radius 3 is 2.82 bits per heavy atom. The minimum atomic E-state index is 0.875. The van der Waals surface area contributed by atoms with Gasteiger partial charge in [0.05, 0.1) is 10.2 Å².